The Kier molecular flexibility index (Phi) is 8.95. The van der Waals surface area contributed by atoms with E-state index < -0.39 is 0 Å². The summed E-state index contributed by atoms with van der Waals surface area (Å²) in [6.45, 7) is 1.08. The highest BCUT2D eigenvalue weighted by Gasteiger charge is 2.33. The second kappa shape index (κ2) is 12.8. The van der Waals surface area contributed by atoms with Gasteiger partial charge in [-0.2, -0.15) is 0 Å². The lowest BCUT2D eigenvalue weighted by molar-refractivity contribution is -0.122. The van der Waals surface area contributed by atoms with Crippen molar-refractivity contribution in [2.45, 2.75) is 19.7 Å². The van der Waals surface area contributed by atoms with Crippen LogP contribution in [-0.4, -0.2) is 16.0 Å². The normalized spacial score (nSPS) is 15.4. The molecule has 196 valence electrons. The topological polar surface area (TPSA) is 41.9 Å². The largest absolute Gasteiger partial charge is 0.487 e. The van der Waals surface area contributed by atoms with Crippen molar-refractivity contribution in [3.8, 4) is 5.75 Å². The van der Waals surface area contributed by atoms with E-state index in [1.165, 1.54) is 11.8 Å². The zero-order valence-electron chi connectivity index (χ0n) is 20.7. The number of benzene rings is 4. The zero-order chi connectivity index (χ0) is 27.2. The van der Waals surface area contributed by atoms with Crippen molar-refractivity contribution in [3.63, 3.8) is 0 Å². The molecule has 0 spiro atoms. The van der Waals surface area contributed by atoms with E-state index in [-0.39, 0.29) is 12.5 Å². The van der Waals surface area contributed by atoms with Crippen LogP contribution in [0.1, 0.15) is 22.3 Å². The zero-order valence-corrected chi connectivity index (χ0v) is 23.8. The average molecular weight is 594 g/mol. The van der Waals surface area contributed by atoms with Crippen LogP contribution in [0.2, 0.25) is 15.1 Å². The molecule has 0 N–H and O–H groups in total. The highest BCUT2D eigenvalue weighted by atomic mass is 35.5. The van der Waals surface area contributed by atoms with Crippen molar-refractivity contribution in [1.29, 1.82) is 0 Å². The quantitative estimate of drug-likeness (QED) is 0.192. The van der Waals surface area contributed by atoms with Gasteiger partial charge in [0.05, 0.1) is 23.0 Å². The molecule has 1 heterocycles. The van der Waals surface area contributed by atoms with Gasteiger partial charge in [-0.25, -0.2) is 0 Å². The minimum atomic E-state index is -0.149. The van der Waals surface area contributed by atoms with Crippen LogP contribution in [0.25, 0.3) is 6.08 Å². The van der Waals surface area contributed by atoms with Gasteiger partial charge in [0.1, 0.15) is 12.4 Å². The first kappa shape index (κ1) is 27.4. The Balaban J connectivity index is 1.47. The Hall–Kier alpha value is -3.22. The summed E-state index contributed by atoms with van der Waals surface area (Å²) < 4.78 is 6.11. The molecule has 39 heavy (non-hydrogen) atoms. The van der Waals surface area contributed by atoms with Gasteiger partial charge in [-0.1, -0.05) is 114 Å². The Bertz CT molecular complexity index is 1540. The molecule has 8 heteroatoms. The second-order valence-corrected chi connectivity index (χ2v) is 11.0. The fourth-order valence-corrected chi connectivity index (χ4v) is 5.74. The van der Waals surface area contributed by atoms with Crippen molar-refractivity contribution in [2.24, 2.45) is 4.99 Å². The van der Waals surface area contributed by atoms with Gasteiger partial charge in [-0.3, -0.25) is 14.7 Å². The lowest BCUT2D eigenvalue weighted by Gasteiger charge is -2.16. The molecule has 4 aromatic rings. The predicted octanol–water partition coefficient (Wildman–Crippen LogP) is 8.90. The van der Waals surface area contributed by atoms with Crippen LogP contribution in [0.5, 0.6) is 5.75 Å². The number of hydrogen-bond acceptors (Lipinski definition) is 4. The fourth-order valence-electron chi connectivity index (χ4n) is 4.02. The highest BCUT2D eigenvalue weighted by Crippen LogP contribution is 2.39. The SMILES string of the molecule is O=C1/C(=C\c2cc(Cl)cc(Cl)c2OCc2ccccc2Cl)SC(=NCc2ccccc2)N1Cc1ccccc1. The molecule has 0 saturated carbocycles. The van der Waals surface area contributed by atoms with E-state index >= 15 is 0 Å². The number of nitrogens with zero attached hydrogens (tertiary/aromatic N) is 2. The Morgan fingerprint density at radius 1 is 0.821 bits per heavy atom. The first-order chi connectivity index (χ1) is 19.0. The maximum Gasteiger partial charge on any atom is 0.267 e. The van der Waals surface area contributed by atoms with Crippen molar-refractivity contribution in [3.05, 3.63) is 139 Å². The molecule has 4 aromatic carbocycles. The standard InChI is InChI=1S/C31H23Cl3N2O2S/c32-25-15-24(29(27(34)17-25)38-20-23-13-7-8-14-26(23)33)16-28-30(37)36(19-22-11-5-2-6-12-22)31(39-28)35-18-21-9-3-1-4-10-21/h1-17H,18-20H2/b28-16+,35-31?. The van der Waals surface area contributed by atoms with Crippen LogP contribution in [-0.2, 0) is 24.5 Å². The lowest BCUT2D eigenvalue weighted by Crippen LogP contribution is -2.28. The molecule has 1 saturated heterocycles. The van der Waals surface area contributed by atoms with Crippen LogP contribution < -0.4 is 4.74 Å². The van der Waals surface area contributed by atoms with Crippen LogP contribution in [0.4, 0.5) is 0 Å². The molecule has 1 aliphatic heterocycles. The summed E-state index contributed by atoms with van der Waals surface area (Å²) >= 11 is 20.5. The van der Waals surface area contributed by atoms with Gasteiger partial charge in [0.15, 0.2) is 5.17 Å². The van der Waals surface area contributed by atoms with Gasteiger partial charge < -0.3 is 4.74 Å². The van der Waals surface area contributed by atoms with Crippen molar-refractivity contribution < 1.29 is 9.53 Å². The summed E-state index contributed by atoms with van der Waals surface area (Å²) in [5, 5.41) is 2.01. The third-order valence-corrected chi connectivity index (χ3v) is 7.88. The summed E-state index contributed by atoms with van der Waals surface area (Å²) in [5.74, 6) is 0.273. The average Bonchev–Trinajstić information content (AvgIpc) is 3.22. The van der Waals surface area contributed by atoms with E-state index in [1.54, 1.807) is 29.2 Å². The van der Waals surface area contributed by atoms with E-state index in [2.05, 4.69) is 0 Å². The minimum absolute atomic E-state index is 0.149. The number of rotatable bonds is 8. The van der Waals surface area contributed by atoms with Crippen LogP contribution >= 0.6 is 46.6 Å². The van der Waals surface area contributed by atoms with Gasteiger partial charge in [0, 0.05) is 21.2 Å². The molecule has 0 aliphatic carbocycles. The van der Waals surface area contributed by atoms with Crippen LogP contribution in [0, 0.1) is 0 Å². The molecule has 5 rings (SSSR count). The number of carbonyl (C=O) groups excluding carboxylic acids is 1. The fraction of sp³-hybridized carbons (Fsp3) is 0.0968. The van der Waals surface area contributed by atoms with Crippen molar-refractivity contribution in [2.75, 3.05) is 0 Å². The third kappa shape index (κ3) is 6.87. The number of aliphatic imine (C=N–C) groups is 1. The molecule has 0 aromatic heterocycles. The van der Waals surface area contributed by atoms with E-state index in [1.807, 2.05) is 78.9 Å². The summed E-state index contributed by atoms with van der Waals surface area (Å²) in [7, 11) is 0. The third-order valence-electron chi connectivity index (χ3n) is 5.96. The molecular formula is C31H23Cl3N2O2S. The molecule has 0 bridgehead atoms. The molecule has 1 amide bonds. The summed E-state index contributed by atoms with van der Waals surface area (Å²) in [4.78, 5) is 20.7. The van der Waals surface area contributed by atoms with Gasteiger partial charge in [-0.05, 0) is 47.2 Å². The first-order valence-electron chi connectivity index (χ1n) is 12.2. The van der Waals surface area contributed by atoms with Gasteiger partial charge in [0.2, 0.25) is 0 Å². The number of halogens is 3. The monoisotopic (exact) mass is 592 g/mol. The van der Waals surface area contributed by atoms with Gasteiger partial charge >= 0.3 is 0 Å². The van der Waals surface area contributed by atoms with Crippen molar-refractivity contribution in [1.82, 2.24) is 4.90 Å². The van der Waals surface area contributed by atoms with Gasteiger partial charge in [-0.15, -0.1) is 0 Å². The molecule has 0 radical (unpaired) electrons. The number of amides is 1. The minimum Gasteiger partial charge on any atom is -0.487 e. The lowest BCUT2D eigenvalue weighted by atomic mass is 10.1. The molecule has 0 atom stereocenters. The van der Waals surface area contributed by atoms with E-state index in [9.17, 15) is 4.79 Å². The van der Waals surface area contributed by atoms with Crippen LogP contribution in [0.3, 0.4) is 0 Å². The second-order valence-electron chi connectivity index (χ2n) is 8.76. The summed E-state index contributed by atoms with van der Waals surface area (Å²) in [5.41, 5.74) is 3.49. The van der Waals surface area contributed by atoms with Crippen LogP contribution in [0.15, 0.2) is 107 Å². The summed E-state index contributed by atoms with van der Waals surface area (Å²) in [6, 6.07) is 30.6. The number of amidine groups is 1. The Morgan fingerprint density at radius 3 is 2.21 bits per heavy atom. The molecular weight excluding hydrogens is 571 g/mol. The van der Waals surface area contributed by atoms with Gasteiger partial charge in [0.25, 0.3) is 5.91 Å². The predicted molar refractivity (Wildman–Crippen MR) is 162 cm³/mol. The molecule has 0 unspecified atom stereocenters. The number of thioether (sulfide) groups is 1. The van der Waals surface area contributed by atoms with E-state index in [4.69, 9.17) is 44.5 Å². The molecule has 1 aliphatic rings. The maximum atomic E-state index is 13.7. The van der Waals surface area contributed by atoms with E-state index in [0.717, 1.165) is 16.7 Å². The van der Waals surface area contributed by atoms with Crippen molar-refractivity contribution >= 4 is 63.7 Å². The number of carbonyl (C=O) groups is 1. The highest BCUT2D eigenvalue weighted by molar-refractivity contribution is 8.18. The first-order valence-corrected chi connectivity index (χ1v) is 14.1. The summed E-state index contributed by atoms with van der Waals surface area (Å²) in [6.07, 6.45) is 1.76. The Labute approximate surface area is 246 Å². The number of hydrogen-bond donors (Lipinski definition) is 0. The maximum absolute atomic E-state index is 13.7. The van der Waals surface area contributed by atoms with E-state index in [0.29, 0.717) is 49.5 Å². The Morgan fingerprint density at radius 2 is 1.49 bits per heavy atom. The number of ether oxygens (including phenoxy) is 1. The molecule has 4 nitrogen and oxygen atoms in total. The smallest absolute Gasteiger partial charge is 0.267 e. The molecule has 1 fully saturated rings.